The van der Waals surface area contributed by atoms with Crippen LogP contribution in [0, 0.1) is 0 Å². The molecule has 2 rings (SSSR count). The Morgan fingerprint density at radius 1 is 1.20 bits per heavy atom. The third-order valence-corrected chi connectivity index (χ3v) is 4.11. The smallest absolute Gasteiger partial charge is 0.317 e. The molecule has 0 atom stereocenters. The number of nitrogens with one attached hydrogen (secondary N) is 2. The predicted molar refractivity (Wildman–Crippen MR) is 97.5 cm³/mol. The second-order valence-electron chi connectivity index (χ2n) is 6.29. The van der Waals surface area contributed by atoms with Gasteiger partial charge < -0.3 is 20.4 Å². The van der Waals surface area contributed by atoms with Crippen molar-refractivity contribution in [2.75, 3.05) is 58.3 Å². The van der Waals surface area contributed by atoms with Crippen molar-refractivity contribution in [3.63, 3.8) is 0 Å². The highest BCUT2D eigenvalue weighted by atomic mass is 16.2. The molecule has 1 aromatic heterocycles. The van der Waals surface area contributed by atoms with Crippen molar-refractivity contribution < 1.29 is 9.59 Å². The maximum Gasteiger partial charge on any atom is 0.317 e. The summed E-state index contributed by atoms with van der Waals surface area (Å²) in [5.74, 6) is 0.903. The van der Waals surface area contributed by atoms with Gasteiger partial charge in [-0.05, 0) is 24.6 Å². The van der Waals surface area contributed by atoms with Crippen LogP contribution >= 0.6 is 0 Å². The van der Waals surface area contributed by atoms with E-state index in [4.69, 9.17) is 0 Å². The molecule has 1 saturated heterocycles. The minimum Gasteiger partial charge on any atom is -0.363 e. The first-order valence-electron chi connectivity index (χ1n) is 8.63. The van der Waals surface area contributed by atoms with Gasteiger partial charge in [0.25, 0.3) is 0 Å². The Balaban J connectivity index is 1.75. The SMILES string of the molecule is CCNC(=O)CN1CCN(C(=O)NCc2ccnc(N(C)C)c2)CC1. The number of piperazine rings is 1. The first-order valence-corrected chi connectivity index (χ1v) is 8.63. The lowest BCUT2D eigenvalue weighted by atomic mass is 10.2. The van der Waals surface area contributed by atoms with E-state index in [9.17, 15) is 9.59 Å². The van der Waals surface area contributed by atoms with E-state index in [1.807, 2.05) is 38.1 Å². The summed E-state index contributed by atoms with van der Waals surface area (Å²) in [7, 11) is 3.87. The molecule has 8 nitrogen and oxygen atoms in total. The minimum absolute atomic E-state index is 0.0368. The fourth-order valence-corrected chi connectivity index (χ4v) is 2.67. The van der Waals surface area contributed by atoms with Crippen LogP contribution in [0.3, 0.4) is 0 Å². The summed E-state index contributed by atoms with van der Waals surface area (Å²) < 4.78 is 0. The molecular weight excluding hydrogens is 320 g/mol. The molecule has 2 N–H and O–H groups in total. The average Bonchev–Trinajstić information content (AvgIpc) is 2.60. The predicted octanol–water partition coefficient (Wildman–Crippen LogP) is 0.111. The van der Waals surface area contributed by atoms with Crippen LogP contribution in [0.5, 0.6) is 0 Å². The summed E-state index contributed by atoms with van der Waals surface area (Å²) in [4.78, 5) is 34.0. The van der Waals surface area contributed by atoms with E-state index < -0.39 is 0 Å². The molecule has 1 fully saturated rings. The zero-order valence-corrected chi connectivity index (χ0v) is 15.3. The highest BCUT2D eigenvalue weighted by molar-refractivity contribution is 5.78. The van der Waals surface area contributed by atoms with E-state index in [-0.39, 0.29) is 11.9 Å². The molecule has 0 bridgehead atoms. The molecule has 0 aromatic carbocycles. The van der Waals surface area contributed by atoms with Crippen LogP contribution in [0.1, 0.15) is 12.5 Å². The minimum atomic E-state index is -0.0686. The number of anilines is 1. The third kappa shape index (κ3) is 5.90. The molecule has 138 valence electrons. The summed E-state index contributed by atoms with van der Waals surface area (Å²) in [5.41, 5.74) is 1.02. The van der Waals surface area contributed by atoms with Crippen LogP contribution in [-0.4, -0.2) is 80.1 Å². The third-order valence-electron chi connectivity index (χ3n) is 4.11. The van der Waals surface area contributed by atoms with Crippen molar-refractivity contribution in [1.29, 1.82) is 0 Å². The second kappa shape index (κ2) is 9.22. The molecule has 0 radical (unpaired) electrons. The summed E-state index contributed by atoms with van der Waals surface area (Å²) in [6.45, 7) is 6.11. The van der Waals surface area contributed by atoms with E-state index in [1.165, 1.54) is 0 Å². The topological polar surface area (TPSA) is 80.8 Å². The lowest BCUT2D eigenvalue weighted by Crippen LogP contribution is -2.53. The van der Waals surface area contributed by atoms with E-state index in [0.717, 1.165) is 11.4 Å². The molecule has 0 saturated carbocycles. The van der Waals surface area contributed by atoms with E-state index >= 15 is 0 Å². The first kappa shape index (κ1) is 19.0. The van der Waals surface area contributed by atoms with Gasteiger partial charge in [0.1, 0.15) is 5.82 Å². The molecule has 25 heavy (non-hydrogen) atoms. The molecule has 0 spiro atoms. The average molecular weight is 348 g/mol. The highest BCUT2D eigenvalue weighted by Gasteiger charge is 2.22. The number of likely N-dealkylation sites (N-methyl/N-ethyl adjacent to an activating group) is 1. The number of rotatable bonds is 6. The number of pyridine rings is 1. The Morgan fingerprint density at radius 2 is 1.92 bits per heavy atom. The van der Waals surface area contributed by atoms with Gasteiger partial charge in [-0.1, -0.05) is 0 Å². The zero-order valence-electron chi connectivity index (χ0n) is 15.3. The fourth-order valence-electron chi connectivity index (χ4n) is 2.67. The van der Waals surface area contributed by atoms with Gasteiger partial charge >= 0.3 is 6.03 Å². The molecule has 3 amide bonds. The van der Waals surface area contributed by atoms with Gasteiger partial charge in [0, 0.05) is 59.6 Å². The van der Waals surface area contributed by atoms with Gasteiger partial charge in [-0.25, -0.2) is 9.78 Å². The number of nitrogens with zero attached hydrogens (tertiary/aromatic N) is 4. The van der Waals surface area contributed by atoms with Crippen molar-refractivity contribution in [2.45, 2.75) is 13.5 Å². The molecule has 2 heterocycles. The van der Waals surface area contributed by atoms with Crippen molar-refractivity contribution in [2.24, 2.45) is 0 Å². The summed E-state index contributed by atoms with van der Waals surface area (Å²) in [6, 6.07) is 3.79. The van der Waals surface area contributed by atoms with Gasteiger partial charge in [-0.3, -0.25) is 9.69 Å². The van der Waals surface area contributed by atoms with E-state index in [2.05, 4.69) is 20.5 Å². The maximum absolute atomic E-state index is 12.3. The molecule has 8 heteroatoms. The number of carbonyl (C=O) groups is 2. The standard InChI is InChI=1S/C17H28N6O2/c1-4-18-16(24)13-22-7-9-23(10-8-22)17(25)20-12-14-5-6-19-15(11-14)21(2)3/h5-6,11H,4,7-10,12-13H2,1-3H3,(H,18,24)(H,20,25). The second-order valence-corrected chi connectivity index (χ2v) is 6.29. The van der Waals surface area contributed by atoms with Crippen LogP contribution in [0.2, 0.25) is 0 Å². The van der Waals surface area contributed by atoms with Gasteiger partial charge in [0.05, 0.1) is 6.54 Å². The van der Waals surface area contributed by atoms with Crippen LogP contribution < -0.4 is 15.5 Å². The molecule has 0 aliphatic carbocycles. The van der Waals surface area contributed by atoms with Crippen molar-refractivity contribution in [3.8, 4) is 0 Å². The van der Waals surface area contributed by atoms with Crippen molar-refractivity contribution in [1.82, 2.24) is 25.4 Å². The van der Waals surface area contributed by atoms with Crippen LogP contribution in [0.25, 0.3) is 0 Å². The number of aromatic nitrogens is 1. The van der Waals surface area contributed by atoms with E-state index in [0.29, 0.717) is 45.8 Å². The largest absolute Gasteiger partial charge is 0.363 e. The lowest BCUT2D eigenvalue weighted by Gasteiger charge is -2.34. The summed E-state index contributed by atoms with van der Waals surface area (Å²) in [5, 5.41) is 5.75. The van der Waals surface area contributed by atoms with Gasteiger partial charge in [-0.2, -0.15) is 0 Å². The fraction of sp³-hybridized carbons (Fsp3) is 0.588. The quantitative estimate of drug-likeness (QED) is 0.763. The maximum atomic E-state index is 12.3. The molecule has 0 unspecified atom stereocenters. The zero-order chi connectivity index (χ0) is 18.2. The van der Waals surface area contributed by atoms with Crippen molar-refractivity contribution >= 4 is 17.8 Å². The monoisotopic (exact) mass is 348 g/mol. The Hall–Kier alpha value is -2.35. The summed E-state index contributed by atoms with van der Waals surface area (Å²) in [6.07, 6.45) is 1.75. The normalized spacial score (nSPS) is 14.9. The highest BCUT2D eigenvalue weighted by Crippen LogP contribution is 2.09. The van der Waals surface area contributed by atoms with Crippen LogP contribution in [0.4, 0.5) is 10.6 Å². The van der Waals surface area contributed by atoms with E-state index in [1.54, 1.807) is 11.1 Å². The Morgan fingerprint density at radius 3 is 2.56 bits per heavy atom. The number of amides is 3. The molecule has 1 aromatic rings. The number of carbonyl (C=O) groups excluding carboxylic acids is 2. The number of hydrogen-bond acceptors (Lipinski definition) is 5. The van der Waals surface area contributed by atoms with Crippen LogP contribution in [0.15, 0.2) is 18.3 Å². The first-order chi connectivity index (χ1) is 12.0. The van der Waals surface area contributed by atoms with Gasteiger partial charge in [-0.15, -0.1) is 0 Å². The Bertz CT molecular complexity index is 584. The Labute approximate surface area is 149 Å². The molecular formula is C17H28N6O2. The van der Waals surface area contributed by atoms with Crippen molar-refractivity contribution in [3.05, 3.63) is 23.9 Å². The lowest BCUT2D eigenvalue weighted by molar-refractivity contribution is -0.122. The number of urea groups is 1. The molecule has 1 aliphatic rings. The number of hydrogen-bond donors (Lipinski definition) is 2. The van der Waals surface area contributed by atoms with Crippen LogP contribution in [-0.2, 0) is 11.3 Å². The Kier molecular flexibility index (Phi) is 7.00. The summed E-state index contributed by atoms with van der Waals surface area (Å²) >= 11 is 0. The molecule has 1 aliphatic heterocycles. The van der Waals surface area contributed by atoms with Gasteiger partial charge in [0.2, 0.25) is 5.91 Å². The van der Waals surface area contributed by atoms with Gasteiger partial charge in [0.15, 0.2) is 0 Å².